The fourth-order valence-corrected chi connectivity index (χ4v) is 2.14. The van der Waals surface area contributed by atoms with E-state index in [4.69, 9.17) is 10.4 Å². The third-order valence-corrected chi connectivity index (χ3v) is 3.33. The van der Waals surface area contributed by atoms with Crippen molar-refractivity contribution in [1.82, 2.24) is 9.88 Å². The lowest BCUT2D eigenvalue weighted by Gasteiger charge is -2.21. The maximum absolute atomic E-state index is 12.3. The molecule has 1 N–H and O–H groups in total. The van der Waals surface area contributed by atoms with E-state index in [0.717, 1.165) is 5.56 Å². The molecule has 20 heavy (non-hydrogen) atoms. The number of nitriles is 1. The number of pyridine rings is 1. The lowest BCUT2D eigenvalue weighted by atomic mass is 10.2. The molecule has 0 aromatic carbocycles. The summed E-state index contributed by atoms with van der Waals surface area (Å²) in [5.41, 5.74) is 0.867. The highest BCUT2D eigenvalue weighted by atomic mass is 16.4. The van der Waals surface area contributed by atoms with Gasteiger partial charge in [0.05, 0.1) is 24.3 Å². The first-order valence-electron chi connectivity index (χ1n) is 6.41. The number of aromatic nitrogens is 1. The molecule has 6 nitrogen and oxygen atoms in total. The molecule has 1 heterocycles. The van der Waals surface area contributed by atoms with Crippen LogP contribution in [0.4, 0.5) is 0 Å². The topological polar surface area (TPSA) is 94.3 Å². The number of nitrogens with zero attached hydrogens (tertiary/aromatic N) is 3. The van der Waals surface area contributed by atoms with Crippen LogP contribution in [0.5, 0.6) is 0 Å². The van der Waals surface area contributed by atoms with E-state index >= 15 is 0 Å². The quantitative estimate of drug-likeness (QED) is 0.835. The first-order valence-corrected chi connectivity index (χ1v) is 6.41. The van der Waals surface area contributed by atoms with Crippen molar-refractivity contribution in [2.75, 3.05) is 6.54 Å². The van der Waals surface area contributed by atoms with Gasteiger partial charge in [0.1, 0.15) is 0 Å². The molecule has 6 heteroatoms. The number of carbonyl (C=O) groups excluding carboxylic acids is 1. The molecule has 1 aromatic rings. The predicted octanol–water partition coefficient (Wildman–Crippen LogP) is 1.04. The second kappa shape index (κ2) is 6.15. The SMILES string of the molecule is N#CCCN(Cc1cccnc1)C(=O)C1CC1C(=O)O. The van der Waals surface area contributed by atoms with Crippen LogP contribution < -0.4 is 0 Å². The second-order valence-electron chi connectivity index (χ2n) is 4.82. The van der Waals surface area contributed by atoms with E-state index in [9.17, 15) is 9.59 Å². The molecular formula is C14H15N3O3. The van der Waals surface area contributed by atoms with Crippen molar-refractivity contribution < 1.29 is 14.7 Å². The number of carboxylic acid groups (broad SMARTS) is 1. The summed E-state index contributed by atoms with van der Waals surface area (Å²) in [4.78, 5) is 28.6. The van der Waals surface area contributed by atoms with Gasteiger partial charge >= 0.3 is 5.97 Å². The Kier molecular flexibility index (Phi) is 4.31. The Bertz CT molecular complexity index is 538. The number of carbonyl (C=O) groups is 2. The van der Waals surface area contributed by atoms with Gasteiger partial charge in [0.15, 0.2) is 0 Å². The first kappa shape index (κ1) is 14.0. The van der Waals surface area contributed by atoms with Gasteiger partial charge < -0.3 is 10.0 Å². The lowest BCUT2D eigenvalue weighted by molar-refractivity contribution is -0.142. The third kappa shape index (κ3) is 3.32. The van der Waals surface area contributed by atoms with Crippen LogP contribution in [-0.2, 0) is 16.1 Å². The van der Waals surface area contributed by atoms with Gasteiger partial charge in [-0.1, -0.05) is 6.07 Å². The molecule has 1 aliphatic rings. The Hall–Kier alpha value is -2.42. The number of hydrogen-bond acceptors (Lipinski definition) is 4. The molecule has 0 spiro atoms. The van der Waals surface area contributed by atoms with Gasteiger partial charge in [0.25, 0.3) is 0 Å². The Labute approximate surface area is 116 Å². The van der Waals surface area contributed by atoms with Gasteiger partial charge in [0.2, 0.25) is 5.91 Å². The van der Waals surface area contributed by atoms with Crippen molar-refractivity contribution in [1.29, 1.82) is 5.26 Å². The molecule has 0 bridgehead atoms. The van der Waals surface area contributed by atoms with Crippen LogP contribution >= 0.6 is 0 Å². The molecule has 1 aromatic heterocycles. The third-order valence-electron chi connectivity index (χ3n) is 3.33. The summed E-state index contributed by atoms with van der Waals surface area (Å²) in [6, 6.07) is 5.63. The van der Waals surface area contributed by atoms with Crippen molar-refractivity contribution in [2.45, 2.75) is 19.4 Å². The zero-order chi connectivity index (χ0) is 14.5. The monoisotopic (exact) mass is 273 g/mol. The van der Waals surface area contributed by atoms with Crippen LogP contribution in [-0.4, -0.2) is 33.4 Å². The normalized spacial score (nSPS) is 19.9. The summed E-state index contributed by atoms with van der Waals surface area (Å²) >= 11 is 0. The number of hydrogen-bond donors (Lipinski definition) is 1. The summed E-state index contributed by atoms with van der Waals surface area (Å²) < 4.78 is 0. The van der Waals surface area contributed by atoms with Crippen molar-refractivity contribution in [3.63, 3.8) is 0 Å². The van der Waals surface area contributed by atoms with E-state index in [1.54, 1.807) is 23.4 Å². The van der Waals surface area contributed by atoms with Crippen molar-refractivity contribution in [3.8, 4) is 6.07 Å². The molecule has 0 radical (unpaired) electrons. The van der Waals surface area contributed by atoms with Gasteiger partial charge in [-0.25, -0.2) is 0 Å². The molecule has 2 unspecified atom stereocenters. The van der Waals surface area contributed by atoms with Crippen molar-refractivity contribution in [3.05, 3.63) is 30.1 Å². The number of carboxylic acids is 1. The van der Waals surface area contributed by atoms with Gasteiger partial charge in [0, 0.05) is 25.5 Å². The predicted molar refractivity (Wildman–Crippen MR) is 69.1 cm³/mol. The van der Waals surface area contributed by atoms with Crippen LogP contribution in [0.25, 0.3) is 0 Å². The highest BCUT2D eigenvalue weighted by Crippen LogP contribution is 2.40. The standard InChI is InChI=1S/C14H15N3O3/c15-4-2-6-17(9-10-3-1-5-16-8-10)13(18)11-7-12(11)14(19)20/h1,3,5,8,11-12H,2,6-7,9H2,(H,19,20). The van der Waals surface area contributed by atoms with Gasteiger partial charge in [-0.2, -0.15) is 5.26 Å². The maximum atomic E-state index is 12.3. The lowest BCUT2D eigenvalue weighted by Crippen LogP contribution is -2.33. The Morgan fingerprint density at radius 3 is 2.85 bits per heavy atom. The molecule has 0 saturated heterocycles. The molecule has 1 aliphatic carbocycles. The summed E-state index contributed by atoms with van der Waals surface area (Å²) in [6.45, 7) is 0.671. The van der Waals surface area contributed by atoms with E-state index in [-0.39, 0.29) is 12.3 Å². The summed E-state index contributed by atoms with van der Waals surface area (Å²) in [5.74, 6) is -2.12. The van der Waals surface area contributed by atoms with Crippen LogP contribution in [0.2, 0.25) is 0 Å². The van der Waals surface area contributed by atoms with E-state index in [2.05, 4.69) is 4.98 Å². The van der Waals surface area contributed by atoms with Gasteiger partial charge in [-0.05, 0) is 18.1 Å². The maximum Gasteiger partial charge on any atom is 0.307 e. The van der Waals surface area contributed by atoms with E-state index in [1.807, 2.05) is 12.1 Å². The van der Waals surface area contributed by atoms with Crippen LogP contribution in [0.15, 0.2) is 24.5 Å². The number of rotatable bonds is 6. The molecular weight excluding hydrogens is 258 g/mol. The minimum absolute atomic E-state index is 0.184. The second-order valence-corrected chi connectivity index (χ2v) is 4.82. The van der Waals surface area contributed by atoms with E-state index in [0.29, 0.717) is 19.5 Å². The Morgan fingerprint density at radius 1 is 1.50 bits per heavy atom. The number of amides is 1. The molecule has 1 amide bonds. The molecule has 2 rings (SSSR count). The van der Waals surface area contributed by atoms with Gasteiger partial charge in [-0.15, -0.1) is 0 Å². The van der Waals surface area contributed by atoms with E-state index in [1.165, 1.54) is 0 Å². The zero-order valence-electron chi connectivity index (χ0n) is 10.9. The minimum atomic E-state index is -0.926. The van der Waals surface area contributed by atoms with Crippen LogP contribution in [0.1, 0.15) is 18.4 Å². The zero-order valence-corrected chi connectivity index (χ0v) is 10.9. The Balaban J connectivity index is 2.02. The van der Waals surface area contributed by atoms with E-state index < -0.39 is 17.8 Å². The molecule has 104 valence electrons. The molecule has 1 fully saturated rings. The summed E-state index contributed by atoms with van der Waals surface area (Å²) in [5, 5.41) is 17.6. The summed E-state index contributed by atoms with van der Waals surface area (Å²) in [6.07, 6.45) is 3.93. The Morgan fingerprint density at radius 2 is 2.30 bits per heavy atom. The van der Waals surface area contributed by atoms with Crippen molar-refractivity contribution >= 4 is 11.9 Å². The fraction of sp³-hybridized carbons (Fsp3) is 0.429. The average molecular weight is 273 g/mol. The van der Waals surface area contributed by atoms with Crippen molar-refractivity contribution in [2.24, 2.45) is 11.8 Å². The largest absolute Gasteiger partial charge is 0.481 e. The molecule has 1 saturated carbocycles. The highest BCUT2D eigenvalue weighted by Gasteiger charge is 2.49. The first-order chi connectivity index (χ1) is 9.63. The van der Waals surface area contributed by atoms with Crippen LogP contribution in [0.3, 0.4) is 0 Å². The van der Waals surface area contributed by atoms with Gasteiger partial charge in [-0.3, -0.25) is 14.6 Å². The minimum Gasteiger partial charge on any atom is -0.481 e. The smallest absolute Gasteiger partial charge is 0.307 e. The molecule has 2 atom stereocenters. The highest BCUT2D eigenvalue weighted by molar-refractivity contribution is 5.89. The number of aliphatic carboxylic acids is 1. The summed E-state index contributed by atoms with van der Waals surface area (Å²) in [7, 11) is 0. The fourth-order valence-electron chi connectivity index (χ4n) is 2.14. The molecule has 0 aliphatic heterocycles. The van der Waals surface area contributed by atoms with Crippen LogP contribution in [0, 0.1) is 23.2 Å². The average Bonchev–Trinajstić information content (AvgIpc) is 3.24.